The number of carbonyl (C=O) groups is 1. The van der Waals surface area contributed by atoms with Crippen molar-refractivity contribution in [3.8, 4) is 0 Å². The number of hydrogen-bond donors (Lipinski definition) is 2. The molecule has 2 aromatic heterocycles. The Bertz CT molecular complexity index is 1190. The molecule has 8 nitrogen and oxygen atoms in total. The predicted octanol–water partition coefficient (Wildman–Crippen LogP) is 4.10. The number of benzene rings is 1. The molecule has 0 bridgehead atoms. The molecular formula is C23H30ClN5O3. The molecular weight excluding hydrogens is 430 g/mol. The summed E-state index contributed by atoms with van der Waals surface area (Å²) < 4.78 is 3.40. The maximum absolute atomic E-state index is 12.7. The number of aryl methyl sites for hydroxylation is 3. The number of nitrogens with one attached hydrogen (secondary N) is 2. The molecule has 0 unspecified atom stereocenters. The second-order valence-corrected chi connectivity index (χ2v) is 8.26. The highest BCUT2D eigenvalue weighted by Gasteiger charge is 2.19. The van der Waals surface area contributed by atoms with Gasteiger partial charge >= 0.3 is 5.69 Å². The fourth-order valence-electron chi connectivity index (χ4n) is 3.69. The van der Waals surface area contributed by atoms with Crippen molar-refractivity contribution in [2.75, 3.05) is 5.32 Å². The van der Waals surface area contributed by atoms with Gasteiger partial charge in [0.05, 0.1) is 10.7 Å². The Morgan fingerprint density at radius 1 is 1.06 bits per heavy atom. The summed E-state index contributed by atoms with van der Waals surface area (Å²) in [7, 11) is 0. The smallest absolute Gasteiger partial charge is 0.325 e. The number of fused-ring (bicyclic) bond motifs is 1. The van der Waals surface area contributed by atoms with E-state index in [-0.39, 0.29) is 12.3 Å². The van der Waals surface area contributed by atoms with Crippen LogP contribution >= 0.6 is 11.6 Å². The number of anilines is 1. The van der Waals surface area contributed by atoms with Crippen molar-refractivity contribution in [2.45, 2.75) is 71.9 Å². The molecule has 2 N–H and O–H groups in total. The molecule has 1 aromatic carbocycles. The first kappa shape index (κ1) is 23.8. The third-order valence-electron chi connectivity index (χ3n) is 5.41. The van der Waals surface area contributed by atoms with Crippen molar-refractivity contribution in [1.29, 1.82) is 0 Å². The molecule has 0 aliphatic carbocycles. The van der Waals surface area contributed by atoms with Crippen LogP contribution in [0.5, 0.6) is 0 Å². The van der Waals surface area contributed by atoms with E-state index in [2.05, 4.69) is 22.2 Å². The van der Waals surface area contributed by atoms with Crippen molar-refractivity contribution in [1.82, 2.24) is 19.1 Å². The van der Waals surface area contributed by atoms with E-state index in [0.29, 0.717) is 47.2 Å². The molecule has 3 aromatic rings. The lowest BCUT2D eigenvalue weighted by Crippen LogP contribution is -2.31. The highest BCUT2D eigenvalue weighted by Crippen LogP contribution is 2.21. The summed E-state index contributed by atoms with van der Waals surface area (Å²) in [6, 6.07) is 7.06. The Hall–Kier alpha value is -2.87. The fourth-order valence-corrected chi connectivity index (χ4v) is 3.88. The Morgan fingerprint density at radius 3 is 2.50 bits per heavy atom. The average Bonchev–Trinajstić information content (AvgIpc) is 3.13. The van der Waals surface area contributed by atoms with Gasteiger partial charge in [0.25, 0.3) is 5.56 Å². The van der Waals surface area contributed by atoms with Crippen molar-refractivity contribution in [2.24, 2.45) is 0 Å². The van der Waals surface area contributed by atoms with Crippen molar-refractivity contribution >= 4 is 34.4 Å². The highest BCUT2D eigenvalue weighted by molar-refractivity contribution is 6.33. The summed E-state index contributed by atoms with van der Waals surface area (Å²) in [5.41, 5.74) is 0.467. The molecule has 2 heterocycles. The zero-order valence-corrected chi connectivity index (χ0v) is 19.4. The van der Waals surface area contributed by atoms with Crippen LogP contribution in [0.15, 0.2) is 33.9 Å². The number of rotatable bonds is 11. The summed E-state index contributed by atoms with van der Waals surface area (Å²) in [4.78, 5) is 44.7. The van der Waals surface area contributed by atoms with Gasteiger partial charge in [-0.1, -0.05) is 56.8 Å². The number of H-pyrrole nitrogens is 1. The number of hydrogen-bond acceptors (Lipinski definition) is 4. The van der Waals surface area contributed by atoms with Crippen LogP contribution in [0.3, 0.4) is 0 Å². The van der Waals surface area contributed by atoms with Gasteiger partial charge in [0.2, 0.25) is 5.91 Å². The fraction of sp³-hybridized carbons (Fsp3) is 0.478. The molecule has 0 aliphatic heterocycles. The maximum Gasteiger partial charge on any atom is 0.330 e. The molecule has 172 valence electrons. The number of para-hydroxylation sites is 1. The molecule has 0 fully saturated rings. The van der Waals surface area contributed by atoms with Crippen LogP contribution in [-0.4, -0.2) is 25.0 Å². The summed E-state index contributed by atoms with van der Waals surface area (Å²) >= 11 is 6.12. The SMILES string of the molecule is CCCCCn1c(CCC(=O)Nc2ccccc2Cl)nc2c1c(=O)[nH]c(=O)n2CCCC. The van der Waals surface area contributed by atoms with E-state index >= 15 is 0 Å². The molecule has 0 spiro atoms. The summed E-state index contributed by atoms with van der Waals surface area (Å²) in [5.74, 6) is 0.439. The number of aromatic amines is 1. The van der Waals surface area contributed by atoms with Crippen LogP contribution in [0.1, 0.15) is 58.2 Å². The first-order valence-corrected chi connectivity index (χ1v) is 11.6. The average molecular weight is 460 g/mol. The third kappa shape index (κ3) is 5.48. The van der Waals surface area contributed by atoms with Crippen molar-refractivity contribution < 1.29 is 4.79 Å². The topological polar surface area (TPSA) is 102 Å². The van der Waals surface area contributed by atoms with E-state index in [9.17, 15) is 14.4 Å². The van der Waals surface area contributed by atoms with E-state index in [0.717, 1.165) is 32.1 Å². The Balaban J connectivity index is 1.91. The van der Waals surface area contributed by atoms with Gasteiger partial charge in [-0.05, 0) is 25.0 Å². The van der Waals surface area contributed by atoms with Crippen LogP contribution < -0.4 is 16.6 Å². The zero-order chi connectivity index (χ0) is 23.1. The number of amides is 1. The number of imidazole rings is 1. The minimum Gasteiger partial charge on any atom is -0.325 e. The predicted molar refractivity (Wildman–Crippen MR) is 127 cm³/mol. The first-order valence-electron chi connectivity index (χ1n) is 11.2. The van der Waals surface area contributed by atoms with Crippen LogP contribution in [0.2, 0.25) is 5.02 Å². The second-order valence-electron chi connectivity index (χ2n) is 7.85. The maximum atomic E-state index is 12.7. The molecule has 0 saturated heterocycles. The van der Waals surface area contributed by atoms with Crippen LogP contribution in [0.25, 0.3) is 11.2 Å². The number of halogens is 1. The molecule has 0 atom stereocenters. The minimum atomic E-state index is -0.447. The number of carbonyl (C=O) groups excluding carboxylic acids is 1. The minimum absolute atomic E-state index is 0.180. The Morgan fingerprint density at radius 2 is 1.78 bits per heavy atom. The van der Waals surface area contributed by atoms with E-state index in [1.54, 1.807) is 24.3 Å². The van der Waals surface area contributed by atoms with Gasteiger partial charge in [-0.25, -0.2) is 9.78 Å². The van der Waals surface area contributed by atoms with Gasteiger partial charge in [0, 0.05) is 25.9 Å². The molecule has 0 radical (unpaired) electrons. The van der Waals surface area contributed by atoms with Crippen molar-refractivity contribution in [3.63, 3.8) is 0 Å². The van der Waals surface area contributed by atoms with Gasteiger partial charge in [0.1, 0.15) is 5.82 Å². The van der Waals surface area contributed by atoms with Crippen LogP contribution in [0, 0.1) is 0 Å². The molecule has 9 heteroatoms. The normalized spacial score (nSPS) is 11.2. The third-order valence-corrected chi connectivity index (χ3v) is 5.74. The summed E-state index contributed by atoms with van der Waals surface area (Å²) in [6.45, 7) is 5.25. The lowest BCUT2D eigenvalue weighted by molar-refractivity contribution is -0.116. The molecule has 3 rings (SSSR count). The van der Waals surface area contributed by atoms with Gasteiger partial charge < -0.3 is 9.88 Å². The molecule has 0 aliphatic rings. The quantitative estimate of drug-likeness (QED) is 0.421. The van der Waals surface area contributed by atoms with Crippen LogP contribution in [-0.2, 0) is 24.3 Å². The van der Waals surface area contributed by atoms with E-state index in [4.69, 9.17) is 11.6 Å². The molecule has 1 amide bonds. The highest BCUT2D eigenvalue weighted by atomic mass is 35.5. The van der Waals surface area contributed by atoms with E-state index < -0.39 is 11.2 Å². The van der Waals surface area contributed by atoms with E-state index in [1.165, 1.54) is 4.57 Å². The number of unbranched alkanes of at least 4 members (excludes halogenated alkanes) is 3. The molecule has 32 heavy (non-hydrogen) atoms. The zero-order valence-electron chi connectivity index (χ0n) is 18.6. The monoisotopic (exact) mass is 459 g/mol. The number of aromatic nitrogens is 4. The second kappa shape index (κ2) is 11.1. The van der Waals surface area contributed by atoms with Gasteiger partial charge in [-0.15, -0.1) is 0 Å². The lowest BCUT2D eigenvalue weighted by Gasteiger charge is -2.10. The lowest BCUT2D eigenvalue weighted by atomic mass is 10.2. The summed E-state index contributed by atoms with van der Waals surface area (Å²) in [6.07, 6.45) is 5.18. The Labute approximate surface area is 191 Å². The van der Waals surface area contributed by atoms with Crippen molar-refractivity contribution in [3.05, 3.63) is 56.0 Å². The standard InChI is InChI=1S/C23H30ClN5O3/c1-3-5-9-15-28-18(12-13-19(30)25-17-11-8-7-10-16(17)24)26-21-20(28)22(31)27-23(32)29(21)14-6-4-2/h7-8,10-11H,3-6,9,12-15H2,1-2H3,(H,25,30)(H,27,31,32). The van der Waals surface area contributed by atoms with Gasteiger partial charge in [0.15, 0.2) is 11.2 Å². The largest absolute Gasteiger partial charge is 0.330 e. The van der Waals surface area contributed by atoms with E-state index in [1.807, 2.05) is 11.5 Å². The molecule has 0 saturated carbocycles. The Kier molecular flexibility index (Phi) is 8.27. The van der Waals surface area contributed by atoms with Gasteiger partial charge in [-0.2, -0.15) is 0 Å². The van der Waals surface area contributed by atoms with Gasteiger partial charge in [-0.3, -0.25) is 19.1 Å². The number of nitrogens with zero attached hydrogens (tertiary/aromatic N) is 3. The van der Waals surface area contributed by atoms with Crippen LogP contribution in [0.4, 0.5) is 5.69 Å². The summed E-state index contributed by atoms with van der Waals surface area (Å²) in [5, 5.41) is 3.29. The first-order chi connectivity index (χ1) is 15.5.